The lowest BCUT2D eigenvalue weighted by Gasteiger charge is -2.26. The van der Waals surface area contributed by atoms with Crippen molar-refractivity contribution < 1.29 is 33.2 Å². The summed E-state index contributed by atoms with van der Waals surface area (Å²) in [6, 6.07) is 8.28. The second-order valence-corrected chi connectivity index (χ2v) is 5.52. The number of hydrogen-bond acceptors (Lipinski definition) is 7. The van der Waals surface area contributed by atoms with Crippen molar-refractivity contribution in [1.29, 1.82) is 0 Å². The molecule has 1 unspecified atom stereocenters. The summed E-state index contributed by atoms with van der Waals surface area (Å²) in [4.78, 5) is 13.2. The highest BCUT2D eigenvalue weighted by Gasteiger charge is 2.52. The molecule has 0 saturated heterocycles. The van der Waals surface area contributed by atoms with Gasteiger partial charge in [-0.3, -0.25) is 4.79 Å². The van der Waals surface area contributed by atoms with Crippen LogP contribution in [-0.4, -0.2) is 41.3 Å². The van der Waals surface area contributed by atoms with Crippen LogP contribution in [0.5, 0.6) is 28.7 Å². The first-order valence-corrected chi connectivity index (χ1v) is 7.82. The van der Waals surface area contributed by atoms with Crippen LogP contribution in [0.2, 0.25) is 0 Å². The summed E-state index contributed by atoms with van der Waals surface area (Å²) in [7, 11) is 7.46. The van der Waals surface area contributed by atoms with Crippen molar-refractivity contribution in [2.75, 3.05) is 35.5 Å². The maximum absolute atomic E-state index is 13.2. The van der Waals surface area contributed by atoms with Gasteiger partial charge in [-0.2, -0.15) is 0 Å². The van der Waals surface area contributed by atoms with E-state index >= 15 is 0 Å². The number of hydrogen-bond donors (Lipinski definition) is 0. The van der Waals surface area contributed by atoms with Gasteiger partial charge in [0.2, 0.25) is 5.78 Å². The van der Waals surface area contributed by atoms with Gasteiger partial charge in [-0.15, -0.1) is 0 Å². The number of rotatable bonds is 6. The molecule has 2 aromatic carbocycles. The molecule has 0 bridgehead atoms. The van der Waals surface area contributed by atoms with E-state index in [1.54, 1.807) is 30.3 Å². The lowest BCUT2D eigenvalue weighted by molar-refractivity contribution is -0.124. The lowest BCUT2D eigenvalue weighted by atomic mass is 9.97. The Morgan fingerprint density at radius 2 is 1.50 bits per heavy atom. The number of ketones is 1. The molecule has 138 valence electrons. The molecule has 0 spiro atoms. The summed E-state index contributed by atoms with van der Waals surface area (Å²) in [6.07, 6.45) is 0. The van der Waals surface area contributed by atoms with Crippen molar-refractivity contribution in [2.45, 2.75) is 5.79 Å². The number of carbonyl (C=O) groups is 1. The van der Waals surface area contributed by atoms with Crippen molar-refractivity contribution in [3.8, 4) is 28.7 Å². The van der Waals surface area contributed by atoms with Crippen molar-refractivity contribution in [1.82, 2.24) is 0 Å². The highest BCUT2D eigenvalue weighted by molar-refractivity contribution is 6.09. The Morgan fingerprint density at radius 3 is 2.08 bits per heavy atom. The Hall–Kier alpha value is -2.93. The predicted molar refractivity (Wildman–Crippen MR) is 92.7 cm³/mol. The van der Waals surface area contributed by atoms with Crippen LogP contribution in [-0.2, 0) is 10.5 Å². The molecular weight excluding hydrogens is 340 g/mol. The van der Waals surface area contributed by atoms with E-state index in [4.69, 9.17) is 28.4 Å². The Bertz CT molecular complexity index is 846. The van der Waals surface area contributed by atoms with Crippen molar-refractivity contribution in [2.24, 2.45) is 0 Å². The highest BCUT2D eigenvalue weighted by Crippen LogP contribution is 2.48. The minimum Gasteiger partial charge on any atom is -0.496 e. The molecule has 0 N–H and O–H groups in total. The standard InChI is InChI=1S/C19H20O7/c1-21-12-9-15(24-4)17-16(10-12)26-19(25-5,18(17)20)11-6-7-13(22-2)14(8-11)23-3/h6-10H,1-5H3. The van der Waals surface area contributed by atoms with Gasteiger partial charge < -0.3 is 28.4 Å². The highest BCUT2D eigenvalue weighted by atomic mass is 16.7. The zero-order chi connectivity index (χ0) is 18.9. The minimum absolute atomic E-state index is 0.296. The third-order valence-corrected chi connectivity index (χ3v) is 4.33. The van der Waals surface area contributed by atoms with Gasteiger partial charge in [0.05, 0.1) is 28.4 Å². The van der Waals surface area contributed by atoms with Crippen LogP contribution in [0.4, 0.5) is 0 Å². The zero-order valence-electron chi connectivity index (χ0n) is 15.2. The summed E-state index contributed by atoms with van der Waals surface area (Å²) in [5.41, 5.74) is 0.768. The molecule has 0 aliphatic carbocycles. The van der Waals surface area contributed by atoms with Gasteiger partial charge in [0.15, 0.2) is 11.5 Å². The van der Waals surface area contributed by atoms with Crippen LogP contribution in [0.3, 0.4) is 0 Å². The van der Waals surface area contributed by atoms with Gasteiger partial charge in [0.25, 0.3) is 0 Å². The van der Waals surface area contributed by atoms with Gasteiger partial charge in [-0.25, -0.2) is 0 Å². The molecule has 26 heavy (non-hydrogen) atoms. The number of fused-ring (bicyclic) bond motifs is 1. The summed E-state index contributed by atoms with van der Waals surface area (Å²) in [5.74, 6) is 0.144. The fraction of sp³-hybridized carbons (Fsp3) is 0.316. The molecule has 7 nitrogen and oxygen atoms in total. The van der Waals surface area contributed by atoms with Crippen LogP contribution < -0.4 is 23.7 Å². The van der Waals surface area contributed by atoms with E-state index in [0.29, 0.717) is 39.9 Å². The average molecular weight is 360 g/mol. The molecule has 0 aromatic heterocycles. The lowest BCUT2D eigenvalue weighted by Crippen LogP contribution is -2.39. The largest absolute Gasteiger partial charge is 0.496 e. The zero-order valence-corrected chi connectivity index (χ0v) is 15.2. The van der Waals surface area contributed by atoms with Crippen LogP contribution in [0, 0.1) is 0 Å². The summed E-state index contributed by atoms with van der Waals surface area (Å²) >= 11 is 0. The summed E-state index contributed by atoms with van der Waals surface area (Å²) in [6.45, 7) is 0. The van der Waals surface area contributed by atoms with Gasteiger partial charge in [-0.1, -0.05) is 0 Å². The van der Waals surface area contributed by atoms with Crippen LogP contribution in [0.25, 0.3) is 0 Å². The fourth-order valence-electron chi connectivity index (χ4n) is 3.00. The molecule has 2 aromatic rings. The topological polar surface area (TPSA) is 72.5 Å². The van der Waals surface area contributed by atoms with E-state index in [-0.39, 0.29) is 5.78 Å². The molecule has 1 aliphatic rings. The van der Waals surface area contributed by atoms with Crippen molar-refractivity contribution >= 4 is 5.78 Å². The first kappa shape index (κ1) is 17.9. The first-order valence-electron chi connectivity index (χ1n) is 7.82. The van der Waals surface area contributed by atoms with E-state index in [2.05, 4.69) is 0 Å². The van der Waals surface area contributed by atoms with Crippen LogP contribution in [0.1, 0.15) is 15.9 Å². The molecular formula is C19H20O7. The molecule has 0 fully saturated rings. The molecule has 0 amide bonds. The van der Waals surface area contributed by atoms with E-state index in [0.717, 1.165) is 0 Å². The Balaban J connectivity index is 2.16. The second kappa shape index (κ2) is 6.76. The van der Waals surface area contributed by atoms with E-state index in [1.165, 1.54) is 35.5 Å². The Kier molecular flexibility index (Phi) is 4.65. The van der Waals surface area contributed by atoms with E-state index in [1.807, 2.05) is 0 Å². The third-order valence-electron chi connectivity index (χ3n) is 4.33. The second-order valence-electron chi connectivity index (χ2n) is 5.52. The summed E-state index contributed by atoms with van der Waals surface area (Å²) in [5, 5.41) is 0. The molecule has 1 aliphatic heterocycles. The van der Waals surface area contributed by atoms with Gasteiger partial charge in [0, 0.05) is 24.8 Å². The van der Waals surface area contributed by atoms with Crippen molar-refractivity contribution in [3.05, 3.63) is 41.5 Å². The normalized spacial score (nSPS) is 18.1. The van der Waals surface area contributed by atoms with Gasteiger partial charge in [-0.05, 0) is 18.2 Å². The van der Waals surface area contributed by atoms with Gasteiger partial charge in [0.1, 0.15) is 22.8 Å². The minimum atomic E-state index is -1.65. The maximum Gasteiger partial charge on any atom is 0.302 e. The predicted octanol–water partition coefficient (Wildman–Crippen LogP) is 2.80. The van der Waals surface area contributed by atoms with E-state index in [9.17, 15) is 4.79 Å². The summed E-state index contributed by atoms with van der Waals surface area (Å²) < 4.78 is 32.7. The number of Topliss-reactive ketones (excluding diaryl/α,β-unsaturated/α-hetero) is 1. The van der Waals surface area contributed by atoms with Crippen LogP contribution >= 0.6 is 0 Å². The monoisotopic (exact) mass is 360 g/mol. The average Bonchev–Trinajstić information content (AvgIpc) is 2.99. The number of carbonyl (C=O) groups excluding carboxylic acids is 1. The smallest absolute Gasteiger partial charge is 0.302 e. The van der Waals surface area contributed by atoms with Gasteiger partial charge >= 0.3 is 5.79 Å². The SMILES string of the molecule is COc1cc(OC)c2c(c1)OC(OC)(c1ccc(OC)c(OC)c1)C2=O. The first-order chi connectivity index (χ1) is 12.5. The molecule has 0 saturated carbocycles. The Morgan fingerprint density at radius 1 is 0.808 bits per heavy atom. The number of methoxy groups -OCH3 is 5. The number of ether oxygens (including phenoxy) is 6. The Labute approximate surface area is 151 Å². The molecule has 0 radical (unpaired) electrons. The molecule has 1 atom stereocenters. The van der Waals surface area contributed by atoms with Crippen molar-refractivity contribution in [3.63, 3.8) is 0 Å². The fourth-order valence-corrected chi connectivity index (χ4v) is 3.00. The molecule has 7 heteroatoms. The molecule has 3 rings (SSSR count). The molecule has 1 heterocycles. The van der Waals surface area contributed by atoms with E-state index < -0.39 is 5.79 Å². The number of benzene rings is 2. The quantitative estimate of drug-likeness (QED) is 0.784. The maximum atomic E-state index is 13.2. The van der Waals surface area contributed by atoms with Crippen LogP contribution in [0.15, 0.2) is 30.3 Å². The third kappa shape index (κ3) is 2.52.